The molecular weight excluding hydrogens is 330 g/mol. The van der Waals surface area contributed by atoms with E-state index in [0.29, 0.717) is 18.7 Å². The van der Waals surface area contributed by atoms with Crippen molar-refractivity contribution in [1.29, 1.82) is 0 Å². The van der Waals surface area contributed by atoms with Gasteiger partial charge in [0.05, 0.1) is 31.1 Å². The summed E-state index contributed by atoms with van der Waals surface area (Å²) < 4.78 is 27.6. The van der Waals surface area contributed by atoms with E-state index in [-0.39, 0.29) is 0 Å². The SMILES string of the molecule is C=C(CCn1cnc2cnc3[nH]ccc3c21)NC(=O)N1CC(F)(F)C1. The number of likely N-dealkylation sites (tertiary alicyclic amines) is 1. The topological polar surface area (TPSA) is 78.8 Å². The zero-order valence-corrected chi connectivity index (χ0v) is 13.3. The number of carbonyl (C=O) groups excluding carboxylic acids is 1. The van der Waals surface area contributed by atoms with Gasteiger partial charge in [0.15, 0.2) is 0 Å². The lowest BCUT2D eigenvalue weighted by molar-refractivity contribution is -0.109. The van der Waals surface area contributed by atoms with Crippen LogP contribution in [0.4, 0.5) is 13.6 Å². The Kier molecular flexibility index (Phi) is 3.45. The number of aromatic amines is 1. The molecule has 4 rings (SSSR count). The molecule has 0 saturated carbocycles. The summed E-state index contributed by atoms with van der Waals surface area (Å²) in [6.07, 6.45) is 5.70. The predicted molar refractivity (Wildman–Crippen MR) is 88.2 cm³/mol. The van der Waals surface area contributed by atoms with Crippen molar-refractivity contribution < 1.29 is 13.6 Å². The third kappa shape index (κ3) is 2.81. The minimum absolute atomic E-state index is 0.468. The lowest BCUT2D eigenvalue weighted by Crippen LogP contribution is -2.60. The molecule has 1 aliphatic heterocycles. The van der Waals surface area contributed by atoms with Crippen LogP contribution in [-0.2, 0) is 6.54 Å². The van der Waals surface area contributed by atoms with Gasteiger partial charge in [0.1, 0.15) is 11.2 Å². The molecule has 2 N–H and O–H groups in total. The Balaban J connectivity index is 1.41. The number of hydrogen-bond donors (Lipinski definition) is 2. The third-order valence-electron chi connectivity index (χ3n) is 4.23. The van der Waals surface area contributed by atoms with E-state index < -0.39 is 25.0 Å². The van der Waals surface area contributed by atoms with Crippen molar-refractivity contribution in [2.24, 2.45) is 0 Å². The van der Waals surface area contributed by atoms with Crippen molar-refractivity contribution in [2.75, 3.05) is 13.1 Å². The zero-order valence-electron chi connectivity index (χ0n) is 13.3. The Bertz CT molecular complexity index is 967. The van der Waals surface area contributed by atoms with Crippen LogP contribution in [0.25, 0.3) is 22.1 Å². The van der Waals surface area contributed by atoms with Crippen molar-refractivity contribution in [1.82, 2.24) is 29.7 Å². The second-order valence-electron chi connectivity index (χ2n) is 6.17. The van der Waals surface area contributed by atoms with Crippen LogP contribution in [0.15, 0.2) is 37.1 Å². The van der Waals surface area contributed by atoms with Gasteiger partial charge in [0, 0.05) is 30.2 Å². The number of fused-ring (bicyclic) bond motifs is 3. The summed E-state index contributed by atoms with van der Waals surface area (Å²) in [5.41, 5.74) is 2.99. The number of imidazole rings is 1. The first-order valence-corrected chi connectivity index (χ1v) is 7.81. The van der Waals surface area contributed by atoms with Crippen LogP contribution in [0.3, 0.4) is 0 Å². The third-order valence-corrected chi connectivity index (χ3v) is 4.23. The smallest absolute Gasteiger partial charge is 0.321 e. The zero-order chi connectivity index (χ0) is 17.6. The standard InChI is InChI=1S/C16H16F2N6O/c1-10(22-15(25)24-7-16(17,18)8-24)3-5-23-9-21-12-6-20-14-11(13(12)23)2-4-19-14/h2,4,6,9H,1,3,5,7-8H2,(H,19,20)(H,22,25). The van der Waals surface area contributed by atoms with Gasteiger partial charge in [-0.25, -0.2) is 23.5 Å². The van der Waals surface area contributed by atoms with Crippen LogP contribution in [-0.4, -0.2) is 49.5 Å². The molecule has 0 unspecified atom stereocenters. The molecule has 1 aliphatic rings. The number of urea groups is 1. The number of alkyl halides is 2. The second-order valence-corrected chi connectivity index (χ2v) is 6.17. The van der Waals surface area contributed by atoms with E-state index in [0.717, 1.165) is 27.0 Å². The molecule has 9 heteroatoms. The molecular formula is C16H16F2N6O. The van der Waals surface area contributed by atoms with E-state index >= 15 is 0 Å². The van der Waals surface area contributed by atoms with Crippen LogP contribution >= 0.6 is 0 Å². The van der Waals surface area contributed by atoms with Crippen LogP contribution < -0.4 is 5.32 Å². The van der Waals surface area contributed by atoms with Crippen LogP contribution in [0, 0.1) is 0 Å². The monoisotopic (exact) mass is 346 g/mol. The first kappa shape index (κ1) is 15.6. The molecule has 3 aromatic rings. The number of aromatic nitrogens is 4. The Morgan fingerprint density at radius 1 is 1.40 bits per heavy atom. The minimum Gasteiger partial charge on any atom is -0.346 e. The van der Waals surface area contributed by atoms with Gasteiger partial charge in [0.25, 0.3) is 5.92 Å². The molecule has 2 amide bonds. The fraction of sp³-hybridized carbons (Fsp3) is 0.312. The molecule has 130 valence electrons. The van der Waals surface area contributed by atoms with Gasteiger partial charge in [-0.2, -0.15) is 0 Å². The minimum atomic E-state index is -2.77. The first-order valence-electron chi connectivity index (χ1n) is 7.81. The number of amides is 2. The van der Waals surface area contributed by atoms with Crippen molar-refractivity contribution in [3.8, 4) is 0 Å². The molecule has 0 bridgehead atoms. The van der Waals surface area contributed by atoms with E-state index in [2.05, 4.69) is 26.8 Å². The Morgan fingerprint density at radius 2 is 2.20 bits per heavy atom. The molecule has 1 fully saturated rings. The van der Waals surface area contributed by atoms with Crippen LogP contribution in [0.1, 0.15) is 6.42 Å². The highest BCUT2D eigenvalue weighted by atomic mass is 19.3. The van der Waals surface area contributed by atoms with Crippen LogP contribution in [0.5, 0.6) is 0 Å². The van der Waals surface area contributed by atoms with E-state index in [4.69, 9.17) is 0 Å². The number of halogens is 2. The van der Waals surface area contributed by atoms with Crippen molar-refractivity contribution >= 4 is 28.1 Å². The van der Waals surface area contributed by atoms with Gasteiger partial charge in [-0.3, -0.25) is 0 Å². The van der Waals surface area contributed by atoms with Gasteiger partial charge < -0.3 is 19.8 Å². The second kappa shape index (κ2) is 5.54. The number of carbonyl (C=O) groups is 1. The molecule has 0 atom stereocenters. The lowest BCUT2D eigenvalue weighted by atomic mass is 10.2. The summed E-state index contributed by atoms with van der Waals surface area (Å²) in [6, 6.07) is 1.40. The molecule has 1 saturated heterocycles. The number of allylic oxidation sites excluding steroid dienone is 1. The molecule has 25 heavy (non-hydrogen) atoms. The van der Waals surface area contributed by atoms with E-state index in [1.165, 1.54) is 0 Å². The normalized spacial score (nSPS) is 16.2. The van der Waals surface area contributed by atoms with Crippen molar-refractivity contribution in [3.05, 3.63) is 37.1 Å². The quantitative estimate of drug-likeness (QED) is 0.762. The van der Waals surface area contributed by atoms with E-state index in [1.807, 2.05) is 16.8 Å². The fourth-order valence-corrected chi connectivity index (χ4v) is 2.94. The van der Waals surface area contributed by atoms with Gasteiger partial charge in [0.2, 0.25) is 0 Å². The maximum atomic E-state index is 12.8. The predicted octanol–water partition coefficient (Wildman–Crippen LogP) is 2.48. The van der Waals surface area contributed by atoms with E-state index in [1.54, 1.807) is 12.5 Å². The molecule has 0 spiro atoms. The number of pyridine rings is 1. The summed E-state index contributed by atoms with van der Waals surface area (Å²) >= 11 is 0. The van der Waals surface area contributed by atoms with E-state index in [9.17, 15) is 13.6 Å². The summed E-state index contributed by atoms with van der Waals surface area (Å²) in [5, 5.41) is 3.53. The van der Waals surface area contributed by atoms with Crippen LogP contribution in [0.2, 0.25) is 0 Å². The highest BCUT2D eigenvalue weighted by molar-refractivity contribution is 6.00. The maximum absolute atomic E-state index is 12.8. The fourth-order valence-electron chi connectivity index (χ4n) is 2.94. The highest BCUT2D eigenvalue weighted by Crippen LogP contribution is 2.26. The lowest BCUT2D eigenvalue weighted by Gasteiger charge is -2.38. The number of H-pyrrole nitrogens is 1. The number of hydrogen-bond acceptors (Lipinski definition) is 3. The molecule has 0 aromatic carbocycles. The van der Waals surface area contributed by atoms with Crippen molar-refractivity contribution in [2.45, 2.75) is 18.9 Å². The average Bonchev–Trinajstić information content (AvgIpc) is 3.16. The number of nitrogens with one attached hydrogen (secondary N) is 2. The average molecular weight is 346 g/mol. The summed E-state index contributed by atoms with van der Waals surface area (Å²) in [5.74, 6) is -2.77. The van der Waals surface area contributed by atoms with Gasteiger partial charge >= 0.3 is 6.03 Å². The van der Waals surface area contributed by atoms with Crippen molar-refractivity contribution in [3.63, 3.8) is 0 Å². The van der Waals surface area contributed by atoms with Gasteiger partial charge in [-0.15, -0.1) is 0 Å². The molecule has 0 radical (unpaired) electrons. The summed E-state index contributed by atoms with van der Waals surface area (Å²) in [6.45, 7) is 3.27. The molecule has 7 nitrogen and oxygen atoms in total. The Labute approximate surface area is 141 Å². The Morgan fingerprint density at radius 3 is 2.96 bits per heavy atom. The molecule has 0 aliphatic carbocycles. The first-order chi connectivity index (χ1) is 11.9. The molecule has 4 heterocycles. The number of aryl methyl sites for hydroxylation is 1. The largest absolute Gasteiger partial charge is 0.346 e. The number of rotatable bonds is 4. The maximum Gasteiger partial charge on any atom is 0.321 e. The highest BCUT2D eigenvalue weighted by Gasteiger charge is 2.46. The summed E-state index contributed by atoms with van der Waals surface area (Å²) in [4.78, 5) is 24.6. The van der Waals surface area contributed by atoms with Gasteiger partial charge in [-0.1, -0.05) is 6.58 Å². The number of nitrogens with zero attached hydrogens (tertiary/aromatic N) is 4. The van der Waals surface area contributed by atoms with Gasteiger partial charge in [-0.05, 0) is 6.07 Å². The molecule has 3 aromatic heterocycles. The summed E-state index contributed by atoms with van der Waals surface area (Å²) in [7, 11) is 0. The Hall–Kier alpha value is -2.97.